The Morgan fingerprint density at radius 1 is 1.05 bits per heavy atom. The van der Waals surface area contributed by atoms with Gasteiger partial charge in [0, 0.05) is 34.4 Å². The maximum Gasteiger partial charge on any atom is 0.226 e. The van der Waals surface area contributed by atoms with Crippen molar-refractivity contribution >= 4 is 40.5 Å². The Labute approximate surface area is 134 Å². The first-order valence-electron chi connectivity index (χ1n) is 6.60. The zero-order valence-electron chi connectivity index (χ0n) is 11.6. The lowest BCUT2D eigenvalue weighted by Crippen LogP contribution is -2.16. The summed E-state index contributed by atoms with van der Waals surface area (Å²) in [6.45, 7) is 2.47. The van der Waals surface area contributed by atoms with Gasteiger partial charge in [-0.1, -0.05) is 23.2 Å². The van der Waals surface area contributed by atoms with Crippen LogP contribution < -0.4 is 10.6 Å². The first kappa shape index (κ1) is 15.7. The van der Waals surface area contributed by atoms with Crippen LogP contribution in [0.15, 0.2) is 42.5 Å². The molecule has 0 aliphatic rings. The van der Waals surface area contributed by atoms with Gasteiger partial charge in [0.05, 0.1) is 0 Å². The summed E-state index contributed by atoms with van der Waals surface area (Å²) in [6.07, 6.45) is 0.380. The SMILES string of the molecule is Cc1cc(Cl)ccc1NC(=O)CCNc1ccc(Cl)cc1. The summed E-state index contributed by atoms with van der Waals surface area (Å²) in [5.41, 5.74) is 2.67. The summed E-state index contributed by atoms with van der Waals surface area (Å²) in [5.74, 6) is -0.0399. The molecule has 0 fully saturated rings. The third kappa shape index (κ3) is 4.96. The number of anilines is 2. The number of hydrogen-bond donors (Lipinski definition) is 2. The molecule has 2 rings (SSSR count). The van der Waals surface area contributed by atoms with Crippen molar-refractivity contribution in [3.63, 3.8) is 0 Å². The molecule has 3 nitrogen and oxygen atoms in total. The van der Waals surface area contributed by atoms with E-state index in [0.717, 1.165) is 16.9 Å². The van der Waals surface area contributed by atoms with Crippen LogP contribution in [-0.4, -0.2) is 12.5 Å². The van der Waals surface area contributed by atoms with E-state index < -0.39 is 0 Å². The standard InChI is InChI=1S/C16H16Cl2N2O/c1-11-10-13(18)4-7-15(11)20-16(21)8-9-19-14-5-2-12(17)3-6-14/h2-7,10,19H,8-9H2,1H3,(H,20,21). The van der Waals surface area contributed by atoms with E-state index in [1.54, 1.807) is 18.2 Å². The highest BCUT2D eigenvalue weighted by atomic mass is 35.5. The van der Waals surface area contributed by atoms with Gasteiger partial charge in [-0.05, 0) is 55.0 Å². The van der Waals surface area contributed by atoms with Crippen molar-refractivity contribution in [1.29, 1.82) is 0 Å². The van der Waals surface area contributed by atoms with Gasteiger partial charge in [0.15, 0.2) is 0 Å². The lowest BCUT2D eigenvalue weighted by atomic mass is 10.2. The molecule has 0 aromatic heterocycles. The fourth-order valence-corrected chi connectivity index (χ4v) is 2.22. The van der Waals surface area contributed by atoms with E-state index in [2.05, 4.69) is 10.6 Å². The molecule has 2 aromatic rings. The second-order valence-corrected chi connectivity index (χ2v) is 5.56. The fourth-order valence-electron chi connectivity index (χ4n) is 1.87. The minimum Gasteiger partial charge on any atom is -0.385 e. The molecule has 0 aliphatic carbocycles. The molecule has 21 heavy (non-hydrogen) atoms. The van der Waals surface area contributed by atoms with E-state index in [1.807, 2.05) is 31.2 Å². The van der Waals surface area contributed by atoms with E-state index in [4.69, 9.17) is 23.2 Å². The Balaban J connectivity index is 1.81. The number of nitrogens with one attached hydrogen (secondary N) is 2. The minimum absolute atomic E-state index is 0.0399. The van der Waals surface area contributed by atoms with Crippen LogP contribution >= 0.6 is 23.2 Å². The highest BCUT2D eigenvalue weighted by Crippen LogP contribution is 2.19. The van der Waals surface area contributed by atoms with Gasteiger partial charge in [-0.25, -0.2) is 0 Å². The Morgan fingerprint density at radius 3 is 2.38 bits per heavy atom. The van der Waals surface area contributed by atoms with Crippen molar-refractivity contribution in [3.8, 4) is 0 Å². The van der Waals surface area contributed by atoms with Gasteiger partial charge in [0.25, 0.3) is 0 Å². The Morgan fingerprint density at radius 2 is 1.71 bits per heavy atom. The molecule has 0 unspecified atom stereocenters. The smallest absolute Gasteiger partial charge is 0.226 e. The van der Waals surface area contributed by atoms with Gasteiger partial charge in [-0.3, -0.25) is 4.79 Å². The summed E-state index contributed by atoms with van der Waals surface area (Å²) in [5, 5.41) is 7.40. The van der Waals surface area contributed by atoms with Crippen LogP contribution in [0, 0.1) is 6.92 Å². The lowest BCUT2D eigenvalue weighted by Gasteiger charge is -2.10. The zero-order chi connectivity index (χ0) is 15.2. The largest absolute Gasteiger partial charge is 0.385 e. The normalized spacial score (nSPS) is 10.2. The zero-order valence-corrected chi connectivity index (χ0v) is 13.1. The first-order chi connectivity index (χ1) is 10.0. The van der Waals surface area contributed by atoms with Gasteiger partial charge in [0.1, 0.15) is 0 Å². The number of amides is 1. The molecule has 2 N–H and O–H groups in total. The molecule has 0 radical (unpaired) electrons. The molecule has 1 amide bonds. The Kier molecular flexibility index (Phi) is 5.48. The average Bonchev–Trinajstić information content (AvgIpc) is 2.44. The van der Waals surface area contributed by atoms with Gasteiger partial charge in [-0.2, -0.15) is 0 Å². The molecule has 0 spiro atoms. The van der Waals surface area contributed by atoms with Crippen LogP contribution in [0.4, 0.5) is 11.4 Å². The van der Waals surface area contributed by atoms with Gasteiger partial charge < -0.3 is 10.6 Å². The fraction of sp³-hybridized carbons (Fsp3) is 0.188. The lowest BCUT2D eigenvalue weighted by molar-refractivity contribution is -0.115. The number of benzene rings is 2. The van der Waals surface area contributed by atoms with Gasteiger partial charge >= 0.3 is 0 Å². The second kappa shape index (κ2) is 7.34. The number of hydrogen-bond acceptors (Lipinski definition) is 2. The van der Waals surface area contributed by atoms with Crippen LogP contribution in [0.25, 0.3) is 0 Å². The maximum absolute atomic E-state index is 11.9. The predicted octanol–water partition coefficient (Wildman–Crippen LogP) is 4.74. The molecule has 110 valence electrons. The van der Waals surface area contributed by atoms with E-state index in [1.165, 1.54) is 0 Å². The van der Waals surface area contributed by atoms with Crippen LogP contribution in [0.1, 0.15) is 12.0 Å². The molecule has 0 heterocycles. The monoisotopic (exact) mass is 322 g/mol. The minimum atomic E-state index is -0.0399. The summed E-state index contributed by atoms with van der Waals surface area (Å²) in [4.78, 5) is 11.9. The third-order valence-corrected chi connectivity index (χ3v) is 3.48. The number of carbonyl (C=O) groups is 1. The van der Waals surface area contributed by atoms with E-state index in [0.29, 0.717) is 23.0 Å². The molecule has 0 aliphatic heterocycles. The number of carbonyl (C=O) groups excluding carboxylic acids is 1. The van der Waals surface area contributed by atoms with E-state index >= 15 is 0 Å². The highest BCUT2D eigenvalue weighted by Gasteiger charge is 2.05. The van der Waals surface area contributed by atoms with Crippen molar-refractivity contribution in [2.45, 2.75) is 13.3 Å². The number of aryl methyl sites for hydroxylation is 1. The Bertz CT molecular complexity index is 627. The maximum atomic E-state index is 11.9. The van der Waals surface area contributed by atoms with Crippen LogP contribution in [0.5, 0.6) is 0 Å². The van der Waals surface area contributed by atoms with Crippen molar-refractivity contribution in [2.24, 2.45) is 0 Å². The topological polar surface area (TPSA) is 41.1 Å². The van der Waals surface area contributed by atoms with E-state index in [9.17, 15) is 4.79 Å². The molecular formula is C16H16Cl2N2O. The highest BCUT2D eigenvalue weighted by molar-refractivity contribution is 6.31. The van der Waals surface area contributed by atoms with Crippen molar-refractivity contribution in [2.75, 3.05) is 17.2 Å². The van der Waals surface area contributed by atoms with Crippen LogP contribution in [0.3, 0.4) is 0 Å². The predicted molar refractivity (Wildman–Crippen MR) is 89.4 cm³/mol. The average molecular weight is 323 g/mol. The molecule has 5 heteroatoms. The summed E-state index contributed by atoms with van der Waals surface area (Å²) in [7, 11) is 0. The molecule has 0 bridgehead atoms. The molecular weight excluding hydrogens is 307 g/mol. The van der Waals surface area contributed by atoms with Crippen LogP contribution in [0.2, 0.25) is 10.0 Å². The van der Waals surface area contributed by atoms with Crippen molar-refractivity contribution in [3.05, 3.63) is 58.1 Å². The van der Waals surface area contributed by atoms with Gasteiger partial charge in [0.2, 0.25) is 5.91 Å². The number of halogens is 2. The van der Waals surface area contributed by atoms with Crippen molar-refractivity contribution < 1.29 is 4.79 Å². The van der Waals surface area contributed by atoms with Crippen molar-refractivity contribution in [1.82, 2.24) is 0 Å². The summed E-state index contributed by atoms with van der Waals surface area (Å²) < 4.78 is 0. The number of rotatable bonds is 5. The Hall–Kier alpha value is -1.71. The van der Waals surface area contributed by atoms with Gasteiger partial charge in [-0.15, -0.1) is 0 Å². The van der Waals surface area contributed by atoms with E-state index in [-0.39, 0.29) is 5.91 Å². The molecule has 0 atom stereocenters. The molecule has 0 saturated carbocycles. The van der Waals surface area contributed by atoms with Crippen LogP contribution in [-0.2, 0) is 4.79 Å². The molecule has 2 aromatic carbocycles. The third-order valence-electron chi connectivity index (χ3n) is 2.99. The summed E-state index contributed by atoms with van der Waals surface area (Å²) >= 11 is 11.7. The second-order valence-electron chi connectivity index (χ2n) is 4.69. The summed E-state index contributed by atoms with van der Waals surface area (Å²) in [6, 6.07) is 12.8. The first-order valence-corrected chi connectivity index (χ1v) is 7.35. The molecule has 0 saturated heterocycles. The quantitative estimate of drug-likeness (QED) is 0.834.